The lowest BCUT2D eigenvalue weighted by Crippen LogP contribution is -2.44. The number of carbonyl (C=O) groups is 1. The molecule has 1 rings (SSSR count). The van der Waals surface area contributed by atoms with Crippen LogP contribution in [0.1, 0.15) is 30.6 Å². The molecule has 1 amide bonds. The summed E-state index contributed by atoms with van der Waals surface area (Å²) in [4.78, 5) is 12.2. The summed E-state index contributed by atoms with van der Waals surface area (Å²) in [5.74, 6) is 0.478. The molecule has 0 aliphatic heterocycles. The van der Waals surface area contributed by atoms with E-state index in [1.54, 1.807) is 25.1 Å². The summed E-state index contributed by atoms with van der Waals surface area (Å²) in [6, 6.07) is 7.13. The van der Waals surface area contributed by atoms with Crippen LogP contribution in [-0.2, 0) is 0 Å². The molecule has 0 fully saturated rings. The molecule has 19 heavy (non-hydrogen) atoms. The number of rotatable bonds is 5. The predicted molar refractivity (Wildman–Crippen MR) is 71.3 cm³/mol. The van der Waals surface area contributed by atoms with Gasteiger partial charge in [0.15, 0.2) is 11.5 Å². The number of para-hydroxylation sites is 1. The first-order chi connectivity index (χ1) is 9.01. The zero-order valence-electron chi connectivity index (χ0n) is 11.6. The van der Waals surface area contributed by atoms with Crippen LogP contribution in [0.25, 0.3) is 0 Å². The number of hydrogen-bond donors (Lipinski definition) is 1. The van der Waals surface area contributed by atoms with Crippen LogP contribution in [0, 0.1) is 11.3 Å². The average Bonchev–Trinajstić information content (AvgIpc) is 2.45. The summed E-state index contributed by atoms with van der Waals surface area (Å²) in [5, 5.41) is 11.8. The highest BCUT2D eigenvalue weighted by Crippen LogP contribution is 2.30. The Morgan fingerprint density at radius 2 is 2.11 bits per heavy atom. The van der Waals surface area contributed by atoms with E-state index in [-0.39, 0.29) is 5.91 Å². The molecule has 102 valence electrons. The Kier molecular flexibility index (Phi) is 4.76. The third kappa shape index (κ3) is 3.16. The molecule has 0 spiro atoms. The van der Waals surface area contributed by atoms with Crippen molar-refractivity contribution in [3.05, 3.63) is 23.8 Å². The van der Waals surface area contributed by atoms with Crippen molar-refractivity contribution >= 4 is 5.91 Å². The first kappa shape index (κ1) is 14.8. The SMILES string of the molecule is CCC(C)(C#N)NC(=O)c1cccc(OC)c1OC. The van der Waals surface area contributed by atoms with Gasteiger partial charge in [-0.15, -0.1) is 0 Å². The normalized spacial score (nSPS) is 13.0. The summed E-state index contributed by atoms with van der Waals surface area (Å²) in [6.45, 7) is 3.52. The number of benzene rings is 1. The van der Waals surface area contributed by atoms with Crippen molar-refractivity contribution in [2.75, 3.05) is 14.2 Å². The number of methoxy groups -OCH3 is 2. The van der Waals surface area contributed by atoms with Crippen molar-refractivity contribution < 1.29 is 14.3 Å². The molecule has 1 aromatic carbocycles. The van der Waals surface area contributed by atoms with Crippen molar-refractivity contribution in [2.45, 2.75) is 25.8 Å². The van der Waals surface area contributed by atoms with Gasteiger partial charge in [0, 0.05) is 0 Å². The zero-order chi connectivity index (χ0) is 14.5. The molecule has 0 radical (unpaired) electrons. The van der Waals surface area contributed by atoms with E-state index in [1.807, 2.05) is 6.92 Å². The van der Waals surface area contributed by atoms with E-state index in [0.29, 0.717) is 23.5 Å². The third-order valence-electron chi connectivity index (χ3n) is 2.99. The number of amides is 1. The van der Waals surface area contributed by atoms with Gasteiger partial charge in [0.25, 0.3) is 5.91 Å². The van der Waals surface area contributed by atoms with Gasteiger partial charge in [-0.1, -0.05) is 13.0 Å². The van der Waals surface area contributed by atoms with E-state index >= 15 is 0 Å². The van der Waals surface area contributed by atoms with E-state index in [2.05, 4.69) is 11.4 Å². The smallest absolute Gasteiger partial charge is 0.256 e. The van der Waals surface area contributed by atoms with Crippen LogP contribution in [0.3, 0.4) is 0 Å². The fraction of sp³-hybridized carbons (Fsp3) is 0.429. The lowest BCUT2D eigenvalue weighted by molar-refractivity contribution is 0.0919. The summed E-state index contributed by atoms with van der Waals surface area (Å²) in [7, 11) is 2.98. The van der Waals surface area contributed by atoms with Crippen LogP contribution >= 0.6 is 0 Å². The molecular weight excluding hydrogens is 244 g/mol. The monoisotopic (exact) mass is 262 g/mol. The number of nitrogens with zero attached hydrogens (tertiary/aromatic N) is 1. The summed E-state index contributed by atoms with van der Waals surface area (Å²) < 4.78 is 10.3. The average molecular weight is 262 g/mol. The Morgan fingerprint density at radius 1 is 1.42 bits per heavy atom. The van der Waals surface area contributed by atoms with Crippen molar-refractivity contribution in [1.29, 1.82) is 5.26 Å². The maximum atomic E-state index is 12.2. The first-order valence-electron chi connectivity index (χ1n) is 5.96. The molecule has 1 aromatic rings. The van der Waals surface area contributed by atoms with E-state index in [9.17, 15) is 4.79 Å². The number of ether oxygens (including phenoxy) is 2. The summed E-state index contributed by atoms with van der Waals surface area (Å²) >= 11 is 0. The second-order valence-electron chi connectivity index (χ2n) is 4.29. The van der Waals surface area contributed by atoms with Crippen molar-refractivity contribution in [2.24, 2.45) is 0 Å². The van der Waals surface area contributed by atoms with Crippen LogP contribution in [-0.4, -0.2) is 25.7 Å². The maximum Gasteiger partial charge on any atom is 0.256 e. The van der Waals surface area contributed by atoms with E-state index in [4.69, 9.17) is 14.7 Å². The van der Waals surface area contributed by atoms with E-state index < -0.39 is 5.54 Å². The molecule has 1 unspecified atom stereocenters. The minimum atomic E-state index is -0.898. The van der Waals surface area contributed by atoms with Gasteiger partial charge >= 0.3 is 0 Å². The van der Waals surface area contributed by atoms with Crippen LogP contribution < -0.4 is 14.8 Å². The van der Waals surface area contributed by atoms with Gasteiger partial charge < -0.3 is 14.8 Å². The standard InChI is InChI=1S/C14H18N2O3/c1-5-14(2,9-15)16-13(17)10-7-6-8-11(18-3)12(10)19-4/h6-8H,5H2,1-4H3,(H,16,17). The molecule has 1 atom stereocenters. The van der Waals surface area contributed by atoms with Gasteiger partial charge in [-0.3, -0.25) is 4.79 Å². The number of carbonyl (C=O) groups excluding carboxylic acids is 1. The second kappa shape index (κ2) is 6.10. The van der Waals surface area contributed by atoms with Crippen molar-refractivity contribution in [3.63, 3.8) is 0 Å². The highest BCUT2D eigenvalue weighted by molar-refractivity contribution is 5.98. The van der Waals surface area contributed by atoms with E-state index in [0.717, 1.165) is 0 Å². The molecule has 0 saturated heterocycles. The Labute approximate surface area is 113 Å². The highest BCUT2D eigenvalue weighted by atomic mass is 16.5. The molecule has 0 aromatic heterocycles. The van der Waals surface area contributed by atoms with Gasteiger partial charge in [0.05, 0.1) is 25.9 Å². The summed E-state index contributed by atoms with van der Waals surface area (Å²) in [6.07, 6.45) is 0.515. The summed E-state index contributed by atoms with van der Waals surface area (Å²) in [5.41, 5.74) is -0.553. The van der Waals surface area contributed by atoms with Crippen LogP contribution in [0.15, 0.2) is 18.2 Å². The largest absolute Gasteiger partial charge is 0.493 e. The van der Waals surface area contributed by atoms with Crippen LogP contribution in [0.2, 0.25) is 0 Å². The molecular formula is C14H18N2O3. The highest BCUT2D eigenvalue weighted by Gasteiger charge is 2.26. The maximum absolute atomic E-state index is 12.2. The minimum Gasteiger partial charge on any atom is -0.493 e. The second-order valence-corrected chi connectivity index (χ2v) is 4.29. The van der Waals surface area contributed by atoms with Crippen LogP contribution in [0.4, 0.5) is 0 Å². The fourth-order valence-corrected chi connectivity index (χ4v) is 1.58. The van der Waals surface area contributed by atoms with Gasteiger partial charge in [0.1, 0.15) is 5.54 Å². The van der Waals surface area contributed by atoms with Gasteiger partial charge in [-0.05, 0) is 25.5 Å². The van der Waals surface area contributed by atoms with Gasteiger partial charge in [0.2, 0.25) is 0 Å². The molecule has 5 nitrogen and oxygen atoms in total. The number of nitrogens with one attached hydrogen (secondary N) is 1. The quantitative estimate of drug-likeness (QED) is 0.882. The zero-order valence-corrected chi connectivity index (χ0v) is 11.6. The minimum absolute atomic E-state index is 0.344. The lowest BCUT2D eigenvalue weighted by atomic mass is 10.0. The Bertz CT molecular complexity index is 508. The third-order valence-corrected chi connectivity index (χ3v) is 2.99. The van der Waals surface area contributed by atoms with Gasteiger partial charge in [-0.2, -0.15) is 5.26 Å². The van der Waals surface area contributed by atoms with Crippen LogP contribution in [0.5, 0.6) is 11.5 Å². The first-order valence-corrected chi connectivity index (χ1v) is 5.96. The molecule has 1 N–H and O–H groups in total. The van der Waals surface area contributed by atoms with Gasteiger partial charge in [-0.25, -0.2) is 0 Å². The van der Waals surface area contributed by atoms with Crippen molar-refractivity contribution in [1.82, 2.24) is 5.32 Å². The number of hydrogen-bond acceptors (Lipinski definition) is 4. The molecule has 0 aliphatic rings. The molecule has 0 aliphatic carbocycles. The lowest BCUT2D eigenvalue weighted by Gasteiger charge is -2.22. The number of nitriles is 1. The Morgan fingerprint density at radius 3 is 2.58 bits per heavy atom. The fourth-order valence-electron chi connectivity index (χ4n) is 1.58. The van der Waals surface area contributed by atoms with Crippen molar-refractivity contribution in [3.8, 4) is 17.6 Å². The Balaban J connectivity index is 3.11. The molecule has 0 saturated carbocycles. The molecule has 0 heterocycles. The topological polar surface area (TPSA) is 71.4 Å². The Hall–Kier alpha value is -2.22. The van der Waals surface area contributed by atoms with E-state index in [1.165, 1.54) is 14.2 Å². The molecule has 0 bridgehead atoms. The molecule has 5 heteroatoms. The predicted octanol–water partition coefficient (Wildman–Crippen LogP) is 2.13.